The summed E-state index contributed by atoms with van der Waals surface area (Å²) in [6.07, 6.45) is 3.86. The van der Waals surface area contributed by atoms with Crippen molar-refractivity contribution in [3.8, 4) is 5.75 Å². The highest BCUT2D eigenvalue weighted by Crippen LogP contribution is 2.26. The van der Waals surface area contributed by atoms with E-state index in [1.165, 1.54) is 12.3 Å². The lowest BCUT2D eigenvalue weighted by molar-refractivity contribution is 0.465. The largest absolute Gasteiger partial charge is 0.508 e. The molecule has 0 saturated carbocycles. The lowest BCUT2D eigenvalue weighted by Crippen LogP contribution is -2.01. The average Bonchev–Trinajstić information content (AvgIpc) is 2.14. The summed E-state index contributed by atoms with van der Waals surface area (Å²) in [4.78, 5) is 0.316. The monoisotopic (exact) mass is 242 g/mol. The first-order valence-electron chi connectivity index (χ1n) is 5.38. The molecule has 1 aromatic carbocycles. The van der Waals surface area contributed by atoms with E-state index in [0.29, 0.717) is 22.4 Å². The molecule has 0 spiro atoms. The second-order valence-electron chi connectivity index (χ2n) is 4.12. The van der Waals surface area contributed by atoms with Crippen LogP contribution >= 0.6 is 0 Å². The summed E-state index contributed by atoms with van der Waals surface area (Å²) in [6, 6.07) is 3.12. The number of phenols is 1. The Morgan fingerprint density at radius 3 is 2.44 bits per heavy atom. The third-order valence-electron chi connectivity index (χ3n) is 2.58. The molecule has 0 atom stereocenters. The van der Waals surface area contributed by atoms with E-state index in [2.05, 4.69) is 6.92 Å². The van der Waals surface area contributed by atoms with E-state index in [0.717, 1.165) is 12.8 Å². The van der Waals surface area contributed by atoms with Gasteiger partial charge in [-0.1, -0.05) is 13.3 Å². The highest BCUT2D eigenvalue weighted by Gasteiger charge is 2.14. The number of unbranched alkanes of at least 4 members (excludes halogenated alkanes) is 1. The molecule has 0 aliphatic rings. The van der Waals surface area contributed by atoms with Crippen molar-refractivity contribution in [2.24, 2.45) is 0 Å². The van der Waals surface area contributed by atoms with Crippen LogP contribution in [-0.2, 0) is 16.3 Å². The van der Waals surface area contributed by atoms with E-state index in [1.54, 1.807) is 13.0 Å². The number of phenolic OH excluding ortho intramolecular Hbond substituents is 1. The van der Waals surface area contributed by atoms with Gasteiger partial charge in [0, 0.05) is 6.26 Å². The maximum atomic E-state index is 11.5. The number of hydrogen-bond acceptors (Lipinski definition) is 3. The Labute approximate surface area is 97.0 Å². The van der Waals surface area contributed by atoms with Crippen LogP contribution in [-0.4, -0.2) is 19.8 Å². The highest BCUT2D eigenvalue weighted by atomic mass is 32.2. The van der Waals surface area contributed by atoms with E-state index in [1.807, 2.05) is 0 Å². The summed E-state index contributed by atoms with van der Waals surface area (Å²) in [5.74, 6) is 0.193. The molecule has 0 fully saturated rings. The molecule has 3 nitrogen and oxygen atoms in total. The molecule has 0 bridgehead atoms. The molecule has 1 aromatic rings. The molecule has 90 valence electrons. The molecule has 0 saturated heterocycles. The second-order valence-corrected chi connectivity index (χ2v) is 6.11. The van der Waals surface area contributed by atoms with Crippen LogP contribution in [0.3, 0.4) is 0 Å². The number of rotatable bonds is 4. The molecule has 0 amide bonds. The molecule has 0 aliphatic carbocycles. The van der Waals surface area contributed by atoms with Crippen LogP contribution in [0.15, 0.2) is 17.0 Å². The summed E-state index contributed by atoms with van der Waals surface area (Å²) in [7, 11) is -3.21. The zero-order valence-corrected chi connectivity index (χ0v) is 10.8. The molecule has 1 rings (SSSR count). The van der Waals surface area contributed by atoms with Gasteiger partial charge in [0.15, 0.2) is 9.84 Å². The minimum absolute atomic E-state index is 0.193. The lowest BCUT2D eigenvalue weighted by Gasteiger charge is -2.09. The van der Waals surface area contributed by atoms with Crippen molar-refractivity contribution < 1.29 is 13.5 Å². The predicted octanol–water partition coefficient (Wildman–Crippen LogP) is 2.45. The first-order valence-corrected chi connectivity index (χ1v) is 7.28. The van der Waals surface area contributed by atoms with E-state index in [-0.39, 0.29) is 5.75 Å². The lowest BCUT2D eigenvalue weighted by atomic mass is 10.1. The van der Waals surface area contributed by atoms with Crippen molar-refractivity contribution in [3.63, 3.8) is 0 Å². The van der Waals surface area contributed by atoms with E-state index in [9.17, 15) is 13.5 Å². The van der Waals surface area contributed by atoms with Crippen molar-refractivity contribution in [3.05, 3.63) is 23.3 Å². The van der Waals surface area contributed by atoms with Gasteiger partial charge in [0.2, 0.25) is 0 Å². The molecule has 0 aliphatic heterocycles. The molecular formula is C12H18O3S. The number of benzene rings is 1. The molecular weight excluding hydrogens is 224 g/mol. The molecule has 0 heterocycles. The van der Waals surface area contributed by atoms with Crippen LogP contribution in [0.2, 0.25) is 0 Å². The number of aryl methyl sites for hydroxylation is 2. The predicted molar refractivity (Wildman–Crippen MR) is 64.6 cm³/mol. The van der Waals surface area contributed by atoms with Gasteiger partial charge >= 0.3 is 0 Å². The molecule has 0 unspecified atom stereocenters. The van der Waals surface area contributed by atoms with Crippen LogP contribution in [0.5, 0.6) is 5.75 Å². The van der Waals surface area contributed by atoms with Gasteiger partial charge < -0.3 is 5.11 Å². The Bertz CT molecular complexity index is 475. The molecule has 1 N–H and O–H groups in total. The topological polar surface area (TPSA) is 54.4 Å². The second kappa shape index (κ2) is 4.87. The summed E-state index contributed by atoms with van der Waals surface area (Å²) in [5.41, 5.74) is 1.31. The fraction of sp³-hybridized carbons (Fsp3) is 0.500. The highest BCUT2D eigenvalue weighted by molar-refractivity contribution is 7.90. The van der Waals surface area contributed by atoms with Crippen molar-refractivity contribution >= 4 is 9.84 Å². The van der Waals surface area contributed by atoms with Gasteiger partial charge in [-0.05, 0) is 43.0 Å². The van der Waals surface area contributed by atoms with Gasteiger partial charge in [-0.15, -0.1) is 0 Å². The summed E-state index contributed by atoms with van der Waals surface area (Å²) in [6.45, 7) is 3.75. The smallest absolute Gasteiger partial charge is 0.175 e. The third kappa shape index (κ3) is 2.98. The Morgan fingerprint density at radius 1 is 1.31 bits per heavy atom. The van der Waals surface area contributed by atoms with E-state index < -0.39 is 9.84 Å². The molecule has 0 radical (unpaired) electrons. The molecule has 0 aromatic heterocycles. The molecule has 16 heavy (non-hydrogen) atoms. The number of sulfone groups is 1. The zero-order valence-electron chi connectivity index (χ0n) is 9.95. The maximum absolute atomic E-state index is 11.5. The van der Waals surface area contributed by atoms with E-state index in [4.69, 9.17) is 0 Å². The minimum Gasteiger partial charge on any atom is -0.508 e. The van der Waals surface area contributed by atoms with Gasteiger partial charge in [0.25, 0.3) is 0 Å². The Balaban J connectivity index is 3.22. The number of hydrogen-bond donors (Lipinski definition) is 1. The standard InChI is InChI=1S/C12H18O3S/c1-4-5-6-10-8-12(16(3,14)15)9(2)7-11(10)13/h7-8,13H,4-6H2,1-3H3. The average molecular weight is 242 g/mol. The summed E-state index contributed by atoms with van der Waals surface area (Å²) >= 11 is 0. The normalized spacial score (nSPS) is 11.7. The van der Waals surface area contributed by atoms with Crippen molar-refractivity contribution in [2.45, 2.75) is 38.0 Å². The van der Waals surface area contributed by atoms with Crippen molar-refractivity contribution in [2.75, 3.05) is 6.26 Å². The van der Waals surface area contributed by atoms with Crippen LogP contribution in [0.25, 0.3) is 0 Å². The minimum atomic E-state index is -3.21. The zero-order chi connectivity index (χ0) is 12.3. The fourth-order valence-corrected chi connectivity index (χ4v) is 2.68. The van der Waals surface area contributed by atoms with Crippen LogP contribution < -0.4 is 0 Å². The van der Waals surface area contributed by atoms with Crippen molar-refractivity contribution in [1.29, 1.82) is 0 Å². The van der Waals surface area contributed by atoms with Crippen LogP contribution in [0.4, 0.5) is 0 Å². The Hall–Kier alpha value is -1.03. The fourth-order valence-electron chi connectivity index (χ4n) is 1.68. The van der Waals surface area contributed by atoms with Gasteiger partial charge in [-0.25, -0.2) is 8.42 Å². The maximum Gasteiger partial charge on any atom is 0.175 e. The van der Waals surface area contributed by atoms with Gasteiger partial charge in [0.05, 0.1) is 4.90 Å². The Kier molecular flexibility index (Phi) is 3.97. The quantitative estimate of drug-likeness (QED) is 0.882. The van der Waals surface area contributed by atoms with E-state index >= 15 is 0 Å². The van der Waals surface area contributed by atoms with Gasteiger partial charge in [-0.3, -0.25) is 0 Å². The van der Waals surface area contributed by atoms with Crippen molar-refractivity contribution in [1.82, 2.24) is 0 Å². The summed E-state index contributed by atoms with van der Waals surface area (Å²) < 4.78 is 23.0. The Morgan fingerprint density at radius 2 is 1.94 bits per heavy atom. The first kappa shape index (κ1) is 13.0. The summed E-state index contributed by atoms with van der Waals surface area (Å²) in [5, 5.41) is 9.71. The number of aromatic hydroxyl groups is 1. The third-order valence-corrected chi connectivity index (χ3v) is 3.81. The molecule has 4 heteroatoms. The van der Waals surface area contributed by atoms with Crippen LogP contribution in [0, 0.1) is 6.92 Å². The SMILES string of the molecule is CCCCc1cc(S(C)(=O)=O)c(C)cc1O. The van der Waals surface area contributed by atoms with Gasteiger partial charge in [0.1, 0.15) is 5.75 Å². The first-order chi connectivity index (χ1) is 7.36. The van der Waals surface area contributed by atoms with Crippen LogP contribution in [0.1, 0.15) is 30.9 Å². The van der Waals surface area contributed by atoms with Gasteiger partial charge in [-0.2, -0.15) is 0 Å².